The zero-order valence-electron chi connectivity index (χ0n) is 11.5. The Morgan fingerprint density at radius 2 is 2.10 bits per heavy atom. The number of aromatic amines is 1. The molecule has 1 aromatic heterocycles. The zero-order chi connectivity index (χ0) is 13.9. The molecule has 0 saturated carbocycles. The number of nitrogens with one attached hydrogen (secondary N) is 1. The minimum Gasteiger partial charge on any atom is -0.497 e. The minimum absolute atomic E-state index is 0.521. The van der Waals surface area contributed by atoms with Gasteiger partial charge in [0.1, 0.15) is 11.6 Å². The van der Waals surface area contributed by atoms with E-state index in [4.69, 9.17) is 16.3 Å². The molecule has 20 heavy (non-hydrogen) atoms. The van der Waals surface area contributed by atoms with E-state index in [1.54, 1.807) is 13.3 Å². The Hall–Kier alpha value is -1.68. The number of rotatable bonds is 3. The van der Waals surface area contributed by atoms with Crippen molar-refractivity contribution in [3.05, 3.63) is 41.0 Å². The average Bonchev–Trinajstić information content (AvgIpc) is 3.01. The summed E-state index contributed by atoms with van der Waals surface area (Å²) < 4.78 is 5.20. The summed E-state index contributed by atoms with van der Waals surface area (Å²) in [7, 11) is 1.66. The normalized spacial score (nSPS) is 16.4. The van der Waals surface area contributed by atoms with Gasteiger partial charge in [-0.3, -0.25) is 5.10 Å². The largest absolute Gasteiger partial charge is 0.497 e. The Bertz CT molecular complexity index is 563. The second-order valence-corrected chi connectivity index (χ2v) is 5.50. The Labute approximate surface area is 123 Å². The average molecular weight is 292 g/mol. The summed E-state index contributed by atoms with van der Waals surface area (Å²) in [5.41, 5.74) is 1.23. The SMILES string of the molecule is COc1ccc(C2CCN(c3ccn[nH]3)CC2)c(Cl)c1. The first-order valence-electron chi connectivity index (χ1n) is 6.85. The Morgan fingerprint density at radius 1 is 1.30 bits per heavy atom. The maximum absolute atomic E-state index is 6.37. The molecular formula is C15H18ClN3O. The highest BCUT2D eigenvalue weighted by atomic mass is 35.5. The van der Waals surface area contributed by atoms with E-state index in [1.807, 2.05) is 18.2 Å². The summed E-state index contributed by atoms with van der Waals surface area (Å²) in [4.78, 5) is 2.33. The molecule has 2 heterocycles. The van der Waals surface area contributed by atoms with E-state index in [-0.39, 0.29) is 0 Å². The number of hydrogen-bond donors (Lipinski definition) is 1. The number of nitrogens with zero attached hydrogens (tertiary/aromatic N) is 2. The van der Waals surface area contributed by atoms with E-state index < -0.39 is 0 Å². The molecule has 3 rings (SSSR count). The van der Waals surface area contributed by atoms with Crippen molar-refractivity contribution in [2.75, 3.05) is 25.1 Å². The molecule has 0 radical (unpaired) electrons. The van der Waals surface area contributed by atoms with Crippen LogP contribution in [0.5, 0.6) is 5.75 Å². The molecular weight excluding hydrogens is 274 g/mol. The van der Waals surface area contributed by atoms with Crippen LogP contribution in [-0.2, 0) is 0 Å². The van der Waals surface area contributed by atoms with Gasteiger partial charge in [-0.1, -0.05) is 17.7 Å². The molecule has 1 saturated heterocycles. The summed E-state index contributed by atoms with van der Waals surface area (Å²) in [6, 6.07) is 8.00. The molecule has 1 fully saturated rings. The minimum atomic E-state index is 0.521. The van der Waals surface area contributed by atoms with Gasteiger partial charge in [0, 0.05) is 24.2 Å². The first-order valence-corrected chi connectivity index (χ1v) is 7.23. The van der Waals surface area contributed by atoms with Crippen molar-refractivity contribution in [1.29, 1.82) is 0 Å². The van der Waals surface area contributed by atoms with Gasteiger partial charge in [-0.15, -0.1) is 0 Å². The van der Waals surface area contributed by atoms with E-state index >= 15 is 0 Å². The summed E-state index contributed by atoms with van der Waals surface area (Å²) in [5.74, 6) is 2.44. The third-order valence-corrected chi connectivity index (χ3v) is 4.30. The van der Waals surface area contributed by atoms with Gasteiger partial charge in [-0.25, -0.2) is 0 Å². The van der Waals surface area contributed by atoms with Gasteiger partial charge in [0.05, 0.1) is 13.3 Å². The van der Waals surface area contributed by atoms with Crippen LogP contribution in [0.1, 0.15) is 24.3 Å². The van der Waals surface area contributed by atoms with Crippen molar-refractivity contribution < 1.29 is 4.74 Å². The number of anilines is 1. The van der Waals surface area contributed by atoms with Gasteiger partial charge in [0.25, 0.3) is 0 Å². The van der Waals surface area contributed by atoms with Crippen LogP contribution in [0, 0.1) is 0 Å². The lowest BCUT2D eigenvalue weighted by Crippen LogP contribution is -2.33. The van der Waals surface area contributed by atoms with Crippen LogP contribution in [0.4, 0.5) is 5.82 Å². The maximum Gasteiger partial charge on any atom is 0.123 e. The van der Waals surface area contributed by atoms with E-state index in [2.05, 4.69) is 21.2 Å². The predicted molar refractivity (Wildman–Crippen MR) is 80.8 cm³/mol. The molecule has 1 aromatic carbocycles. The predicted octanol–water partition coefficient (Wildman–Crippen LogP) is 3.46. The quantitative estimate of drug-likeness (QED) is 0.941. The number of H-pyrrole nitrogens is 1. The molecule has 4 nitrogen and oxygen atoms in total. The first-order chi connectivity index (χ1) is 9.78. The van der Waals surface area contributed by atoms with Gasteiger partial charge < -0.3 is 9.64 Å². The van der Waals surface area contributed by atoms with E-state index in [9.17, 15) is 0 Å². The van der Waals surface area contributed by atoms with E-state index in [1.165, 1.54) is 5.56 Å². The monoisotopic (exact) mass is 291 g/mol. The lowest BCUT2D eigenvalue weighted by atomic mass is 9.89. The molecule has 106 valence electrons. The number of halogens is 1. The molecule has 0 atom stereocenters. The molecule has 1 aliphatic heterocycles. The smallest absolute Gasteiger partial charge is 0.123 e. The van der Waals surface area contributed by atoms with Crippen LogP contribution in [0.2, 0.25) is 5.02 Å². The van der Waals surface area contributed by atoms with E-state index in [0.717, 1.165) is 42.5 Å². The molecule has 0 unspecified atom stereocenters. The molecule has 2 aromatic rings. The second-order valence-electron chi connectivity index (χ2n) is 5.09. The second kappa shape index (κ2) is 5.75. The number of piperidine rings is 1. The Kier molecular flexibility index (Phi) is 3.83. The first kappa shape index (κ1) is 13.3. The van der Waals surface area contributed by atoms with Gasteiger partial charge in [0.2, 0.25) is 0 Å². The van der Waals surface area contributed by atoms with Crippen LogP contribution in [0.25, 0.3) is 0 Å². The van der Waals surface area contributed by atoms with Crippen LogP contribution in [0.3, 0.4) is 0 Å². The fourth-order valence-electron chi connectivity index (χ4n) is 2.82. The Morgan fingerprint density at radius 3 is 2.70 bits per heavy atom. The van der Waals surface area contributed by atoms with Crippen LogP contribution >= 0.6 is 11.6 Å². The molecule has 0 amide bonds. The highest BCUT2D eigenvalue weighted by molar-refractivity contribution is 6.31. The highest BCUT2D eigenvalue weighted by Crippen LogP contribution is 2.35. The molecule has 0 aliphatic carbocycles. The van der Waals surface area contributed by atoms with Crippen molar-refractivity contribution in [2.24, 2.45) is 0 Å². The van der Waals surface area contributed by atoms with Crippen LogP contribution in [0.15, 0.2) is 30.5 Å². The van der Waals surface area contributed by atoms with Crippen molar-refractivity contribution in [2.45, 2.75) is 18.8 Å². The van der Waals surface area contributed by atoms with Gasteiger partial charge in [0.15, 0.2) is 0 Å². The van der Waals surface area contributed by atoms with E-state index in [0.29, 0.717) is 5.92 Å². The number of aromatic nitrogens is 2. The molecule has 1 aliphatic rings. The summed E-state index contributed by atoms with van der Waals surface area (Å²) in [6.45, 7) is 2.05. The molecule has 0 spiro atoms. The van der Waals surface area contributed by atoms with Crippen LogP contribution < -0.4 is 9.64 Å². The molecule has 0 bridgehead atoms. The van der Waals surface area contributed by atoms with Crippen molar-refractivity contribution in [1.82, 2.24) is 10.2 Å². The maximum atomic E-state index is 6.37. The van der Waals surface area contributed by atoms with Gasteiger partial charge >= 0.3 is 0 Å². The van der Waals surface area contributed by atoms with Gasteiger partial charge in [-0.05, 0) is 36.5 Å². The fraction of sp³-hybridized carbons (Fsp3) is 0.400. The summed E-state index contributed by atoms with van der Waals surface area (Å²) >= 11 is 6.37. The number of methoxy groups -OCH3 is 1. The highest BCUT2D eigenvalue weighted by Gasteiger charge is 2.23. The summed E-state index contributed by atoms with van der Waals surface area (Å²) in [5, 5.41) is 7.84. The third-order valence-electron chi connectivity index (χ3n) is 3.97. The third kappa shape index (κ3) is 2.61. The standard InChI is InChI=1S/C15H18ClN3O/c1-20-12-2-3-13(14(16)10-12)11-5-8-19(9-6-11)15-4-7-17-18-15/h2-4,7,10-11H,5-6,8-9H2,1H3,(H,17,18). The zero-order valence-corrected chi connectivity index (χ0v) is 12.2. The Balaban J connectivity index is 1.69. The van der Waals surface area contributed by atoms with Crippen molar-refractivity contribution in [3.8, 4) is 5.75 Å². The molecule has 5 heteroatoms. The van der Waals surface area contributed by atoms with Crippen molar-refractivity contribution in [3.63, 3.8) is 0 Å². The van der Waals surface area contributed by atoms with Crippen molar-refractivity contribution >= 4 is 17.4 Å². The fourth-order valence-corrected chi connectivity index (χ4v) is 3.15. The lowest BCUT2D eigenvalue weighted by molar-refractivity contribution is 0.414. The van der Waals surface area contributed by atoms with Gasteiger partial charge in [-0.2, -0.15) is 5.10 Å². The topological polar surface area (TPSA) is 41.1 Å². The number of ether oxygens (including phenoxy) is 1. The van der Waals surface area contributed by atoms with Crippen LogP contribution in [-0.4, -0.2) is 30.4 Å². The lowest BCUT2D eigenvalue weighted by Gasteiger charge is -2.33. The number of benzene rings is 1. The summed E-state index contributed by atoms with van der Waals surface area (Å²) in [6.07, 6.45) is 4.00. The molecule has 1 N–H and O–H groups in total. The number of hydrogen-bond acceptors (Lipinski definition) is 3.